The Bertz CT molecular complexity index is 816. The lowest BCUT2D eigenvalue weighted by molar-refractivity contribution is -0.114. The molecule has 0 fully saturated rings. The SMILES string of the molecule is CC1C(=S)N(C)c2ccccc21.CN1C(=O)C(=O)c2ccccc21. The Hall–Kier alpha value is -2.53. The third-order valence-corrected chi connectivity index (χ3v) is 5.10. The van der Waals surface area contributed by atoms with Crippen LogP contribution in [0.2, 0.25) is 0 Å². The van der Waals surface area contributed by atoms with Crippen molar-refractivity contribution in [1.82, 2.24) is 0 Å². The zero-order valence-electron chi connectivity index (χ0n) is 13.8. The van der Waals surface area contributed by atoms with E-state index in [9.17, 15) is 9.59 Å². The van der Waals surface area contributed by atoms with Crippen molar-refractivity contribution >= 4 is 40.3 Å². The fourth-order valence-corrected chi connectivity index (χ4v) is 3.26. The van der Waals surface area contributed by atoms with Gasteiger partial charge < -0.3 is 9.80 Å². The molecule has 122 valence electrons. The highest BCUT2D eigenvalue weighted by molar-refractivity contribution is 7.80. The molecular weight excluding hydrogens is 320 g/mol. The molecule has 1 atom stereocenters. The molecule has 4 rings (SSSR count). The van der Waals surface area contributed by atoms with Crippen LogP contribution in [0.3, 0.4) is 0 Å². The summed E-state index contributed by atoms with van der Waals surface area (Å²) in [5.41, 5.74) is 3.82. The van der Waals surface area contributed by atoms with E-state index >= 15 is 0 Å². The average molecular weight is 338 g/mol. The molecule has 2 aliphatic heterocycles. The van der Waals surface area contributed by atoms with Crippen molar-refractivity contribution < 1.29 is 9.59 Å². The molecule has 2 aromatic carbocycles. The van der Waals surface area contributed by atoms with Crippen LogP contribution in [0.5, 0.6) is 0 Å². The number of Topliss-reactive ketones (excluding diaryl/α,β-unsaturated/α-hetero) is 1. The highest BCUT2D eigenvalue weighted by Gasteiger charge is 2.32. The number of amides is 1. The first-order chi connectivity index (χ1) is 11.4. The smallest absolute Gasteiger partial charge is 0.299 e. The Labute approximate surface area is 146 Å². The lowest BCUT2D eigenvalue weighted by Gasteiger charge is -2.11. The highest BCUT2D eigenvalue weighted by atomic mass is 32.1. The molecule has 4 nitrogen and oxygen atoms in total. The number of likely N-dealkylation sites (N-methyl/N-ethyl adjacent to an activating group) is 2. The van der Waals surface area contributed by atoms with Gasteiger partial charge in [-0.3, -0.25) is 9.59 Å². The van der Waals surface area contributed by atoms with Gasteiger partial charge in [-0.25, -0.2) is 0 Å². The van der Waals surface area contributed by atoms with Crippen molar-refractivity contribution in [1.29, 1.82) is 0 Å². The molecule has 2 aliphatic rings. The number of thiocarbonyl (C=S) groups is 1. The average Bonchev–Trinajstić information content (AvgIpc) is 2.98. The van der Waals surface area contributed by atoms with Gasteiger partial charge >= 0.3 is 0 Å². The second-order valence-corrected chi connectivity index (χ2v) is 6.31. The summed E-state index contributed by atoms with van der Waals surface area (Å²) >= 11 is 5.30. The lowest BCUT2D eigenvalue weighted by Crippen LogP contribution is -2.24. The molecule has 2 heterocycles. The first-order valence-electron chi connectivity index (χ1n) is 7.71. The number of carbonyl (C=O) groups excluding carboxylic acids is 2. The number of ketones is 1. The molecule has 5 heteroatoms. The minimum absolute atomic E-state index is 0.404. The molecule has 0 saturated carbocycles. The van der Waals surface area contributed by atoms with Gasteiger partial charge in [0.15, 0.2) is 0 Å². The fraction of sp³-hybridized carbons (Fsp3) is 0.211. The van der Waals surface area contributed by atoms with Crippen LogP contribution in [0.15, 0.2) is 48.5 Å². The maximum atomic E-state index is 11.2. The van der Waals surface area contributed by atoms with Gasteiger partial charge in [0.2, 0.25) is 0 Å². The highest BCUT2D eigenvalue weighted by Crippen LogP contribution is 2.36. The minimum atomic E-state index is -0.448. The van der Waals surface area contributed by atoms with E-state index in [4.69, 9.17) is 12.2 Å². The van der Waals surface area contributed by atoms with Crippen LogP contribution in [0.25, 0.3) is 0 Å². The van der Waals surface area contributed by atoms with E-state index < -0.39 is 11.7 Å². The monoisotopic (exact) mass is 338 g/mol. The molecule has 0 N–H and O–H groups in total. The fourth-order valence-electron chi connectivity index (χ4n) is 3.04. The normalized spacial score (nSPS) is 18.3. The maximum Gasteiger partial charge on any atom is 0.299 e. The Morgan fingerprint density at radius 3 is 2.08 bits per heavy atom. The second-order valence-electron chi connectivity index (χ2n) is 5.89. The first kappa shape index (κ1) is 16.3. The Kier molecular flexibility index (Phi) is 4.20. The number of para-hydroxylation sites is 2. The second kappa shape index (κ2) is 6.17. The summed E-state index contributed by atoms with van der Waals surface area (Å²) in [7, 11) is 3.64. The third-order valence-electron chi connectivity index (χ3n) is 4.47. The Morgan fingerprint density at radius 2 is 1.46 bits per heavy atom. The zero-order valence-corrected chi connectivity index (χ0v) is 14.6. The van der Waals surface area contributed by atoms with Gasteiger partial charge in [0.05, 0.1) is 16.2 Å². The van der Waals surface area contributed by atoms with Crippen molar-refractivity contribution in [3.05, 3.63) is 59.7 Å². The van der Waals surface area contributed by atoms with Crippen LogP contribution in [0, 0.1) is 0 Å². The molecule has 1 amide bonds. The van der Waals surface area contributed by atoms with Gasteiger partial charge in [-0.1, -0.05) is 49.5 Å². The van der Waals surface area contributed by atoms with E-state index in [0.717, 1.165) is 4.99 Å². The molecular formula is C19H18N2O2S. The molecule has 0 aromatic heterocycles. The number of nitrogens with zero attached hydrogens (tertiary/aromatic N) is 2. The number of rotatable bonds is 0. The minimum Gasteiger partial charge on any atom is -0.338 e. The Balaban J connectivity index is 0.000000141. The van der Waals surface area contributed by atoms with Crippen LogP contribution in [0.4, 0.5) is 11.4 Å². The van der Waals surface area contributed by atoms with Crippen LogP contribution in [0.1, 0.15) is 28.8 Å². The van der Waals surface area contributed by atoms with E-state index in [1.807, 2.05) is 7.05 Å². The van der Waals surface area contributed by atoms with Crippen LogP contribution in [-0.4, -0.2) is 30.8 Å². The molecule has 0 radical (unpaired) electrons. The van der Waals surface area contributed by atoms with E-state index in [2.05, 4.69) is 36.1 Å². The summed E-state index contributed by atoms with van der Waals surface area (Å²) in [6.45, 7) is 2.16. The van der Waals surface area contributed by atoms with Crippen LogP contribution in [-0.2, 0) is 4.79 Å². The largest absolute Gasteiger partial charge is 0.338 e. The van der Waals surface area contributed by atoms with E-state index in [0.29, 0.717) is 17.2 Å². The predicted octanol–water partition coefficient (Wildman–Crippen LogP) is 3.41. The van der Waals surface area contributed by atoms with Gasteiger partial charge in [0, 0.05) is 25.7 Å². The number of hydrogen-bond donors (Lipinski definition) is 0. The number of anilines is 2. The lowest BCUT2D eigenvalue weighted by atomic mass is 10.0. The number of fused-ring (bicyclic) bond motifs is 2. The van der Waals surface area contributed by atoms with Crippen molar-refractivity contribution in [3.63, 3.8) is 0 Å². The summed E-state index contributed by atoms with van der Waals surface area (Å²) in [5.74, 6) is -0.453. The first-order valence-corrected chi connectivity index (χ1v) is 8.12. The van der Waals surface area contributed by atoms with Crippen LogP contribution < -0.4 is 9.80 Å². The van der Waals surface area contributed by atoms with Gasteiger partial charge in [-0.15, -0.1) is 0 Å². The molecule has 0 aliphatic carbocycles. The summed E-state index contributed by atoms with van der Waals surface area (Å²) in [6, 6.07) is 15.4. The molecule has 0 spiro atoms. The van der Waals surface area contributed by atoms with Gasteiger partial charge in [0.25, 0.3) is 11.7 Å². The topological polar surface area (TPSA) is 40.6 Å². The van der Waals surface area contributed by atoms with Crippen molar-refractivity contribution in [3.8, 4) is 0 Å². The number of carbonyl (C=O) groups is 2. The third kappa shape index (κ3) is 2.51. The van der Waals surface area contributed by atoms with E-state index in [1.165, 1.54) is 16.2 Å². The van der Waals surface area contributed by atoms with Crippen molar-refractivity contribution in [2.75, 3.05) is 23.9 Å². The van der Waals surface area contributed by atoms with Crippen molar-refractivity contribution in [2.24, 2.45) is 0 Å². The van der Waals surface area contributed by atoms with Crippen molar-refractivity contribution in [2.45, 2.75) is 12.8 Å². The van der Waals surface area contributed by atoms with Gasteiger partial charge in [-0.2, -0.15) is 0 Å². The molecule has 2 aromatic rings. The molecule has 1 unspecified atom stereocenters. The summed E-state index contributed by atoms with van der Waals surface area (Å²) < 4.78 is 0. The van der Waals surface area contributed by atoms with E-state index in [1.54, 1.807) is 31.3 Å². The molecule has 0 bridgehead atoms. The van der Waals surface area contributed by atoms with Gasteiger partial charge in [-0.05, 0) is 23.8 Å². The molecule has 0 saturated heterocycles. The molecule has 24 heavy (non-hydrogen) atoms. The quantitative estimate of drug-likeness (QED) is 0.545. The number of hydrogen-bond acceptors (Lipinski definition) is 3. The Morgan fingerprint density at radius 1 is 0.875 bits per heavy atom. The maximum absolute atomic E-state index is 11.2. The standard InChI is InChI=1S/C10H11NS.C9H7NO2/c1-7-8-5-3-4-6-9(8)11(2)10(7)12;1-10-7-5-3-2-4-6(7)8(11)9(10)12/h3-7H,1-2H3;2-5H,1H3. The summed E-state index contributed by atoms with van der Waals surface area (Å²) in [6.07, 6.45) is 0. The summed E-state index contributed by atoms with van der Waals surface area (Å²) in [5, 5.41) is 0. The predicted molar refractivity (Wildman–Crippen MR) is 100 cm³/mol. The van der Waals surface area contributed by atoms with Gasteiger partial charge in [0.1, 0.15) is 0 Å². The summed E-state index contributed by atoms with van der Waals surface area (Å²) in [4.78, 5) is 26.8. The zero-order chi connectivity index (χ0) is 17.4. The van der Waals surface area contributed by atoms with Crippen LogP contribution >= 0.6 is 12.2 Å². The van der Waals surface area contributed by atoms with E-state index in [-0.39, 0.29) is 0 Å². The number of benzene rings is 2.